The monoisotopic (exact) mass is 464 g/mol. The van der Waals surface area contributed by atoms with Crippen molar-refractivity contribution in [2.75, 3.05) is 30.0 Å². The normalized spacial score (nSPS) is 20.5. The van der Waals surface area contributed by atoms with Crippen LogP contribution in [0.5, 0.6) is 0 Å². The van der Waals surface area contributed by atoms with Gasteiger partial charge < -0.3 is 20.7 Å². The molecule has 1 heterocycles. The largest absolute Gasteiger partial charge is 0.370 e. The minimum atomic E-state index is -2.89. The number of nitrogens with zero attached hydrogens (tertiary/aromatic N) is 1. The maximum Gasteiger partial charge on any atom is 0.265 e. The van der Waals surface area contributed by atoms with E-state index in [2.05, 4.69) is 10.6 Å². The third-order valence-corrected chi connectivity index (χ3v) is 7.05. The lowest BCUT2D eigenvalue weighted by Crippen LogP contribution is -2.58. The van der Waals surface area contributed by atoms with Gasteiger partial charge in [-0.05, 0) is 55.7 Å². The molecule has 2 saturated carbocycles. The molecule has 3 fully saturated rings. The number of hydrogen-bond donors (Lipinski definition) is 3. The first-order valence-corrected chi connectivity index (χ1v) is 11.5. The topological polar surface area (TPSA) is 114 Å². The predicted octanol–water partition coefficient (Wildman–Crippen LogP) is 2.34. The summed E-state index contributed by atoms with van der Waals surface area (Å²) in [4.78, 5) is 38.5. The second-order valence-corrected chi connectivity index (χ2v) is 9.07. The van der Waals surface area contributed by atoms with Crippen LogP contribution >= 0.6 is 0 Å². The lowest BCUT2D eigenvalue weighted by molar-refractivity contribution is -0.129. The van der Waals surface area contributed by atoms with Gasteiger partial charge in [-0.25, -0.2) is 8.78 Å². The molecule has 8 nitrogen and oxygen atoms in total. The summed E-state index contributed by atoms with van der Waals surface area (Å²) in [5.74, 6) is -1.14. The number of nitrogens with two attached hydrogens (primary N) is 1. The van der Waals surface area contributed by atoms with Crippen LogP contribution in [0.4, 0.5) is 20.2 Å². The zero-order valence-electron chi connectivity index (χ0n) is 18.4. The molecule has 33 heavy (non-hydrogen) atoms. The molecule has 3 amide bonds. The smallest absolute Gasteiger partial charge is 0.265 e. The Kier molecular flexibility index (Phi) is 7.23. The van der Waals surface area contributed by atoms with Crippen LogP contribution in [0.15, 0.2) is 18.2 Å². The number of hydrogen-bond acceptors (Lipinski definition) is 5. The number of ether oxygens (including phenoxy) is 1. The highest BCUT2D eigenvalue weighted by Gasteiger charge is 2.39. The van der Waals surface area contributed by atoms with Gasteiger partial charge in [0.05, 0.1) is 6.61 Å². The van der Waals surface area contributed by atoms with Crippen molar-refractivity contribution in [2.24, 2.45) is 17.6 Å². The SMILES string of the molecule is NC(=O)[C@@H](NC(C1CCC1)C1CCC1)C(=O)Nc1ccc(N2CCOCC2=O)cc1C(F)F. The highest BCUT2D eigenvalue weighted by Crippen LogP contribution is 2.40. The van der Waals surface area contributed by atoms with Crippen molar-refractivity contribution in [1.29, 1.82) is 0 Å². The van der Waals surface area contributed by atoms with Gasteiger partial charge in [-0.15, -0.1) is 0 Å². The van der Waals surface area contributed by atoms with Crippen molar-refractivity contribution < 1.29 is 27.9 Å². The summed E-state index contributed by atoms with van der Waals surface area (Å²) >= 11 is 0. The van der Waals surface area contributed by atoms with Crippen LogP contribution in [0.1, 0.15) is 50.5 Å². The van der Waals surface area contributed by atoms with Crippen LogP contribution in [0.2, 0.25) is 0 Å². The molecule has 0 aromatic heterocycles. The van der Waals surface area contributed by atoms with Gasteiger partial charge in [-0.2, -0.15) is 0 Å². The number of rotatable bonds is 9. The molecule has 4 N–H and O–H groups in total. The molecule has 0 radical (unpaired) electrons. The van der Waals surface area contributed by atoms with Gasteiger partial charge in [-0.1, -0.05) is 12.8 Å². The Morgan fingerprint density at radius 3 is 2.30 bits per heavy atom. The summed E-state index contributed by atoms with van der Waals surface area (Å²) in [5, 5.41) is 5.61. The van der Waals surface area contributed by atoms with E-state index in [9.17, 15) is 23.2 Å². The van der Waals surface area contributed by atoms with Crippen LogP contribution in [0.25, 0.3) is 0 Å². The molecular weight excluding hydrogens is 434 g/mol. The van der Waals surface area contributed by atoms with E-state index in [1.165, 1.54) is 23.1 Å². The third kappa shape index (κ3) is 5.16. The average molecular weight is 465 g/mol. The van der Waals surface area contributed by atoms with Crippen molar-refractivity contribution in [3.63, 3.8) is 0 Å². The molecule has 1 aromatic rings. The van der Waals surface area contributed by atoms with Gasteiger partial charge in [0.15, 0.2) is 6.04 Å². The Balaban J connectivity index is 1.51. The number of halogens is 2. The fourth-order valence-electron chi connectivity index (χ4n) is 4.74. The van der Waals surface area contributed by atoms with E-state index < -0.39 is 29.8 Å². The van der Waals surface area contributed by atoms with E-state index in [1.54, 1.807) is 0 Å². The Morgan fingerprint density at radius 2 is 1.79 bits per heavy atom. The number of carbonyl (C=O) groups excluding carboxylic acids is 3. The Labute approximate surface area is 191 Å². The molecule has 1 saturated heterocycles. The minimum absolute atomic E-state index is 0.0139. The second-order valence-electron chi connectivity index (χ2n) is 9.07. The van der Waals surface area contributed by atoms with Crippen molar-refractivity contribution >= 4 is 29.1 Å². The van der Waals surface area contributed by atoms with Crippen LogP contribution < -0.4 is 21.3 Å². The fourth-order valence-corrected chi connectivity index (χ4v) is 4.74. The lowest BCUT2D eigenvalue weighted by atomic mass is 9.68. The van der Waals surface area contributed by atoms with E-state index in [4.69, 9.17) is 10.5 Å². The standard InChI is InChI=1S/C23H30F2N4O4/c24-21(25)16-11-15(29-9-10-33-12-18(29)30)7-8-17(16)27-23(32)20(22(26)31)28-19(13-3-1-4-13)14-5-2-6-14/h7-8,11,13-14,19-21,28H,1-6,9-10,12H2,(H2,26,31)(H,27,32)/t20-/m1/s1. The number of primary amides is 1. The molecule has 2 aliphatic carbocycles. The van der Waals surface area contributed by atoms with Crippen molar-refractivity contribution in [1.82, 2.24) is 5.32 Å². The van der Waals surface area contributed by atoms with E-state index in [-0.39, 0.29) is 30.8 Å². The molecular formula is C23H30F2N4O4. The predicted molar refractivity (Wildman–Crippen MR) is 118 cm³/mol. The minimum Gasteiger partial charge on any atom is -0.370 e. The fraction of sp³-hybridized carbons (Fsp3) is 0.609. The Bertz CT molecular complexity index is 890. The number of anilines is 2. The third-order valence-electron chi connectivity index (χ3n) is 7.05. The van der Waals surface area contributed by atoms with Gasteiger partial charge in [-0.3, -0.25) is 19.7 Å². The number of carbonyl (C=O) groups is 3. The highest BCUT2D eigenvalue weighted by atomic mass is 19.3. The van der Waals surface area contributed by atoms with Crippen LogP contribution in [0, 0.1) is 11.8 Å². The molecule has 3 aliphatic rings. The molecule has 0 spiro atoms. The number of benzene rings is 1. The van der Waals surface area contributed by atoms with Gasteiger partial charge in [0, 0.05) is 29.5 Å². The quantitative estimate of drug-likeness (QED) is 0.486. The van der Waals surface area contributed by atoms with Crippen LogP contribution in [-0.4, -0.2) is 49.6 Å². The van der Waals surface area contributed by atoms with Crippen LogP contribution in [-0.2, 0) is 19.1 Å². The molecule has 1 aliphatic heterocycles. The van der Waals surface area contributed by atoms with E-state index in [0.717, 1.165) is 38.5 Å². The van der Waals surface area contributed by atoms with Gasteiger partial charge >= 0.3 is 0 Å². The summed E-state index contributed by atoms with van der Waals surface area (Å²) < 4.78 is 32.7. The maximum absolute atomic E-state index is 13.8. The number of nitrogens with one attached hydrogen (secondary N) is 2. The van der Waals surface area contributed by atoms with Gasteiger partial charge in [0.25, 0.3) is 18.2 Å². The zero-order chi connectivity index (χ0) is 23.5. The first-order valence-electron chi connectivity index (χ1n) is 11.5. The van der Waals surface area contributed by atoms with Gasteiger partial charge in [0.2, 0.25) is 5.91 Å². The number of alkyl halides is 2. The highest BCUT2D eigenvalue weighted by molar-refractivity contribution is 6.10. The number of amides is 3. The van der Waals surface area contributed by atoms with E-state index >= 15 is 0 Å². The number of morpholine rings is 1. The molecule has 0 bridgehead atoms. The van der Waals surface area contributed by atoms with Crippen molar-refractivity contribution in [3.8, 4) is 0 Å². The molecule has 4 rings (SSSR count). The van der Waals surface area contributed by atoms with E-state index in [0.29, 0.717) is 24.1 Å². The zero-order valence-corrected chi connectivity index (χ0v) is 18.4. The lowest BCUT2D eigenvalue weighted by Gasteiger charge is -2.44. The second kappa shape index (κ2) is 10.1. The summed E-state index contributed by atoms with van der Waals surface area (Å²) in [7, 11) is 0. The molecule has 1 aromatic carbocycles. The maximum atomic E-state index is 13.8. The van der Waals surface area contributed by atoms with Crippen LogP contribution in [0.3, 0.4) is 0 Å². The summed E-state index contributed by atoms with van der Waals surface area (Å²) in [6, 6.07) is 2.69. The molecule has 10 heteroatoms. The van der Waals surface area contributed by atoms with Crippen molar-refractivity contribution in [3.05, 3.63) is 23.8 Å². The summed E-state index contributed by atoms with van der Waals surface area (Å²) in [6.07, 6.45) is 3.51. The first kappa shape index (κ1) is 23.6. The Morgan fingerprint density at radius 1 is 1.12 bits per heavy atom. The molecule has 0 unspecified atom stereocenters. The summed E-state index contributed by atoms with van der Waals surface area (Å²) in [5.41, 5.74) is 5.28. The summed E-state index contributed by atoms with van der Waals surface area (Å²) in [6.45, 7) is 0.450. The van der Waals surface area contributed by atoms with Crippen molar-refractivity contribution in [2.45, 2.75) is 57.0 Å². The molecule has 180 valence electrons. The van der Waals surface area contributed by atoms with Gasteiger partial charge in [0.1, 0.15) is 6.61 Å². The molecule has 1 atom stereocenters. The van der Waals surface area contributed by atoms with E-state index in [1.807, 2.05) is 0 Å². The Hall–Kier alpha value is -2.59. The average Bonchev–Trinajstić information content (AvgIpc) is 2.69. The first-order chi connectivity index (χ1) is 15.8.